The molecule has 1 aromatic carbocycles. The first-order valence-electron chi connectivity index (χ1n) is 7.81. The van der Waals surface area contributed by atoms with Gasteiger partial charge in [0.2, 0.25) is 5.95 Å². The van der Waals surface area contributed by atoms with Gasteiger partial charge in [0.15, 0.2) is 5.82 Å². The van der Waals surface area contributed by atoms with Crippen LogP contribution in [0.1, 0.15) is 46.1 Å². The van der Waals surface area contributed by atoms with Gasteiger partial charge in [-0.25, -0.2) is 0 Å². The van der Waals surface area contributed by atoms with E-state index in [4.69, 9.17) is 0 Å². The number of hydrogen-bond donors (Lipinski definition) is 2. The number of aromatic nitrogens is 3. The highest BCUT2D eigenvalue weighted by atomic mass is 15.3. The first kappa shape index (κ1) is 16.2. The fourth-order valence-electron chi connectivity index (χ4n) is 2.20. The molecule has 0 spiro atoms. The largest absolute Gasteiger partial charge is 0.369 e. The summed E-state index contributed by atoms with van der Waals surface area (Å²) in [6.07, 6.45) is 3.91. The van der Waals surface area contributed by atoms with Gasteiger partial charge in [-0.1, -0.05) is 52.3 Å². The fraction of sp³-hybridized carbons (Fsp3) is 0.471. The van der Waals surface area contributed by atoms with Crippen molar-refractivity contribution in [1.29, 1.82) is 0 Å². The lowest BCUT2D eigenvalue weighted by Gasteiger charge is -2.22. The van der Waals surface area contributed by atoms with Crippen molar-refractivity contribution in [1.82, 2.24) is 15.2 Å². The zero-order valence-corrected chi connectivity index (χ0v) is 13.8. The van der Waals surface area contributed by atoms with E-state index in [0.717, 1.165) is 30.9 Å². The molecule has 118 valence electrons. The van der Waals surface area contributed by atoms with E-state index in [1.165, 1.54) is 5.56 Å². The van der Waals surface area contributed by atoms with Crippen LogP contribution in [0.15, 0.2) is 30.5 Å². The van der Waals surface area contributed by atoms with Gasteiger partial charge >= 0.3 is 0 Å². The Bertz CT molecular complexity index is 604. The number of unbranched alkanes of at least 4 members (excludes halogenated alkanes) is 1. The van der Waals surface area contributed by atoms with Crippen LogP contribution >= 0.6 is 0 Å². The third-order valence-electron chi connectivity index (χ3n) is 3.38. The van der Waals surface area contributed by atoms with Crippen molar-refractivity contribution >= 4 is 17.5 Å². The van der Waals surface area contributed by atoms with Crippen LogP contribution in [0.4, 0.5) is 17.5 Å². The summed E-state index contributed by atoms with van der Waals surface area (Å²) in [5.74, 6) is 1.26. The molecule has 5 nitrogen and oxygen atoms in total. The monoisotopic (exact) mass is 299 g/mol. The molecular formula is C17H25N5. The normalized spacial score (nSPS) is 11.3. The minimum atomic E-state index is 0.0496. The molecule has 0 atom stereocenters. The Kier molecular flexibility index (Phi) is 5.31. The maximum absolute atomic E-state index is 4.47. The highest BCUT2D eigenvalue weighted by molar-refractivity contribution is 5.60. The van der Waals surface area contributed by atoms with Gasteiger partial charge < -0.3 is 10.6 Å². The maximum atomic E-state index is 4.47. The topological polar surface area (TPSA) is 62.7 Å². The van der Waals surface area contributed by atoms with Crippen LogP contribution < -0.4 is 10.6 Å². The second-order valence-corrected chi connectivity index (χ2v) is 6.37. The number of nitrogens with zero attached hydrogens (tertiary/aromatic N) is 3. The highest BCUT2D eigenvalue weighted by Gasteiger charge is 2.17. The van der Waals surface area contributed by atoms with Crippen LogP contribution in [0.2, 0.25) is 0 Å². The average molecular weight is 299 g/mol. The van der Waals surface area contributed by atoms with Crippen LogP contribution in [0.3, 0.4) is 0 Å². The van der Waals surface area contributed by atoms with Crippen molar-refractivity contribution < 1.29 is 0 Å². The van der Waals surface area contributed by atoms with E-state index >= 15 is 0 Å². The van der Waals surface area contributed by atoms with Crippen LogP contribution in [0, 0.1) is 0 Å². The van der Waals surface area contributed by atoms with Gasteiger partial charge in [-0.05, 0) is 23.5 Å². The summed E-state index contributed by atoms with van der Waals surface area (Å²) in [6, 6.07) is 8.22. The fourth-order valence-corrected chi connectivity index (χ4v) is 2.20. The summed E-state index contributed by atoms with van der Waals surface area (Å²) in [6.45, 7) is 9.63. The molecule has 1 aromatic heterocycles. The van der Waals surface area contributed by atoms with E-state index in [0.29, 0.717) is 5.95 Å². The quantitative estimate of drug-likeness (QED) is 0.785. The molecule has 0 aliphatic heterocycles. The molecule has 22 heavy (non-hydrogen) atoms. The van der Waals surface area contributed by atoms with E-state index in [-0.39, 0.29) is 5.41 Å². The lowest BCUT2D eigenvalue weighted by Crippen LogP contribution is -2.14. The van der Waals surface area contributed by atoms with Crippen molar-refractivity contribution in [2.24, 2.45) is 0 Å². The SMILES string of the molecule is CCCCNc1cnnc(Nc2ccccc2C(C)(C)C)n1. The van der Waals surface area contributed by atoms with Gasteiger partial charge in [-0.15, -0.1) is 5.10 Å². The van der Waals surface area contributed by atoms with Crippen molar-refractivity contribution in [3.05, 3.63) is 36.0 Å². The molecule has 2 N–H and O–H groups in total. The number of rotatable bonds is 6. The molecule has 0 aliphatic carbocycles. The Morgan fingerprint density at radius 3 is 2.64 bits per heavy atom. The summed E-state index contributed by atoms with van der Waals surface area (Å²) >= 11 is 0. The van der Waals surface area contributed by atoms with Crippen LogP contribution in [-0.2, 0) is 5.41 Å². The summed E-state index contributed by atoms with van der Waals surface area (Å²) in [5, 5.41) is 14.6. The minimum absolute atomic E-state index is 0.0496. The van der Waals surface area contributed by atoms with Gasteiger partial charge in [-0.3, -0.25) is 0 Å². The summed E-state index contributed by atoms with van der Waals surface area (Å²) in [7, 11) is 0. The number of hydrogen-bond acceptors (Lipinski definition) is 5. The molecule has 0 unspecified atom stereocenters. The van der Waals surface area contributed by atoms with Gasteiger partial charge in [0.1, 0.15) is 0 Å². The number of para-hydroxylation sites is 1. The maximum Gasteiger partial charge on any atom is 0.249 e. The van der Waals surface area contributed by atoms with Crippen LogP contribution in [0.25, 0.3) is 0 Å². The van der Waals surface area contributed by atoms with E-state index in [1.54, 1.807) is 6.20 Å². The zero-order valence-electron chi connectivity index (χ0n) is 13.8. The summed E-state index contributed by atoms with van der Waals surface area (Å²) < 4.78 is 0. The van der Waals surface area contributed by atoms with Gasteiger partial charge in [0.05, 0.1) is 6.20 Å². The first-order valence-corrected chi connectivity index (χ1v) is 7.81. The average Bonchev–Trinajstić information content (AvgIpc) is 2.47. The summed E-state index contributed by atoms with van der Waals surface area (Å²) in [5.41, 5.74) is 2.29. The Balaban J connectivity index is 2.16. The lowest BCUT2D eigenvalue weighted by molar-refractivity contribution is 0.592. The van der Waals surface area contributed by atoms with Crippen molar-refractivity contribution in [3.63, 3.8) is 0 Å². The molecule has 0 bridgehead atoms. The standard InChI is InChI=1S/C17H25N5/c1-5-6-11-18-15-12-19-22-16(21-15)20-14-10-8-7-9-13(14)17(2,3)4/h7-10,12H,5-6,11H2,1-4H3,(H2,18,20,21,22). The Labute approximate surface area is 132 Å². The highest BCUT2D eigenvalue weighted by Crippen LogP contribution is 2.30. The third kappa shape index (κ3) is 4.41. The second-order valence-electron chi connectivity index (χ2n) is 6.37. The molecular weight excluding hydrogens is 274 g/mol. The number of benzene rings is 1. The van der Waals surface area contributed by atoms with Gasteiger partial charge in [-0.2, -0.15) is 10.1 Å². The number of anilines is 3. The molecule has 0 radical (unpaired) electrons. The predicted molar refractivity (Wildman–Crippen MR) is 91.6 cm³/mol. The zero-order chi connectivity index (χ0) is 16.0. The molecule has 5 heteroatoms. The van der Waals surface area contributed by atoms with E-state index in [9.17, 15) is 0 Å². The lowest BCUT2D eigenvalue weighted by atomic mass is 9.86. The third-order valence-corrected chi connectivity index (χ3v) is 3.38. The molecule has 0 fully saturated rings. The molecule has 0 saturated heterocycles. The Hall–Kier alpha value is -2.17. The van der Waals surface area contributed by atoms with Crippen molar-refractivity contribution in [2.45, 2.75) is 46.0 Å². The summed E-state index contributed by atoms with van der Waals surface area (Å²) in [4.78, 5) is 4.47. The smallest absolute Gasteiger partial charge is 0.249 e. The predicted octanol–water partition coefficient (Wildman–Crippen LogP) is 4.12. The minimum Gasteiger partial charge on any atom is -0.369 e. The second kappa shape index (κ2) is 7.20. The van der Waals surface area contributed by atoms with E-state index < -0.39 is 0 Å². The first-order chi connectivity index (χ1) is 10.5. The molecule has 0 amide bonds. The molecule has 0 saturated carbocycles. The van der Waals surface area contributed by atoms with Crippen molar-refractivity contribution in [2.75, 3.05) is 17.2 Å². The van der Waals surface area contributed by atoms with E-state index in [1.807, 2.05) is 18.2 Å². The number of nitrogens with one attached hydrogen (secondary N) is 2. The molecule has 2 aromatic rings. The molecule has 0 aliphatic rings. The molecule has 1 heterocycles. The Morgan fingerprint density at radius 2 is 1.91 bits per heavy atom. The Morgan fingerprint density at radius 1 is 1.14 bits per heavy atom. The van der Waals surface area contributed by atoms with Crippen LogP contribution in [0.5, 0.6) is 0 Å². The van der Waals surface area contributed by atoms with Gasteiger partial charge in [0, 0.05) is 12.2 Å². The van der Waals surface area contributed by atoms with Gasteiger partial charge in [0.25, 0.3) is 0 Å². The molecule has 2 rings (SSSR count). The van der Waals surface area contributed by atoms with E-state index in [2.05, 4.69) is 59.6 Å². The van der Waals surface area contributed by atoms with Crippen LogP contribution in [-0.4, -0.2) is 21.7 Å². The van der Waals surface area contributed by atoms with Crippen molar-refractivity contribution in [3.8, 4) is 0 Å².